The molecule has 112 valence electrons. The highest BCUT2D eigenvalue weighted by Crippen LogP contribution is 2.36. The molecule has 1 N–H and O–H groups in total. The summed E-state index contributed by atoms with van der Waals surface area (Å²) in [7, 11) is 1.57. The second kappa shape index (κ2) is 7.25. The van der Waals surface area contributed by atoms with Crippen LogP contribution in [0.25, 0.3) is 0 Å². The van der Waals surface area contributed by atoms with Gasteiger partial charge in [0.2, 0.25) is 0 Å². The minimum Gasteiger partial charge on any atom is -0.496 e. The molecular weight excluding hydrogens is 357 g/mol. The molecule has 2 rings (SSSR count). The highest BCUT2D eigenvalue weighted by Gasteiger charge is 2.21. The first kappa shape index (κ1) is 16.3. The average Bonchev–Trinajstić information content (AvgIpc) is 2.48. The third-order valence-corrected chi connectivity index (χ3v) is 4.51. The molecule has 0 spiro atoms. The Balaban J connectivity index is 2.58. The lowest BCUT2D eigenvalue weighted by atomic mass is 9.97. The van der Waals surface area contributed by atoms with E-state index in [1.165, 1.54) is 12.1 Å². The van der Waals surface area contributed by atoms with E-state index in [9.17, 15) is 4.39 Å². The van der Waals surface area contributed by atoms with Gasteiger partial charge in [-0.15, -0.1) is 0 Å². The van der Waals surface area contributed by atoms with E-state index >= 15 is 0 Å². The molecule has 21 heavy (non-hydrogen) atoms. The number of hydrogen-bond acceptors (Lipinski definition) is 2. The second-order valence-electron chi connectivity index (χ2n) is 4.52. The summed E-state index contributed by atoms with van der Waals surface area (Å²) in [6.07, 6.45) is 0. The van der Waals surface area contributed by atoms with Crippen LogP contribution < -0.4 is 10.1 Å². The lowest BCUT2D eigenvalue weighted by Gasteiger charge is -2.22. The van der Waals surface area contributed by atoms with E-state index in [0.29, 0.717) is 17.3 Å². The van der Waals surface area contributed by atoms with Crippen molar-refractivity contribution in [1.29, 1.82) is 0 Å². The van der Waals surface area contributed by atoms with Gasteiger partial charge in [-0.05, 0) is 52.3 Å². The van der Waals surface area contributed by atoms with Crippen molar-refractivity contribution in [2.24, 2.45) is 0 Å². The largest absolute Gasteiger partial charge is 0.496 e. The highest BCUT2D eigenvalue weighted by atomic mass is 79.9. The van der Waals surface area contributed by atoms with Crippen LogP contribution in [0, 0.1) is 5.82 Å². The lowest BCUT2D eigenvalue weighted by Crippen LogP contribution is -2.23. The summed E-state index contributed by atoms with van der Waals surface area (Å²) in [6.45, 7) is 2.71. The van der Waals surface area contributed by atoms with Crippen molar-refractivity contribution in [2.75, 3.05) is 13.7 Å². The van der Waals surface area contributed by atoms with Gasteiger partial charge in [-0.25, -0.2) is 4.39 Å². The van der Waals surface area contributed by atoms with Gasteiger partial charge in [-0.2, -0.15) is 0 Å². The first-order valence-corrected chi connectivity index (χ1v) is 7.76. The van der Waals surface area contributed by atoms with E-state index in [-0.39, 0.29) is 11.9 Å². The van der Waals surface area contributed by atoms with Gasteiger partial charge in [0.25, 0.3) is 0 Å². The molecule has 1 unspecified atom stereocenters. The first-order valence-electron chi connectivity index (χ1n) is 6.59. The molecule has 2 aromatic carbocycles. The number of halogens is 3. The van der Waals surface area contributed by atoms with Crippen LogP contribution >= 0.6 is 27.5 Å². The van der Waals surface area contributed by atoms with Crippen LogP contribution in [0.1, 0.15) is 24.1 Å². The monoisotopic (exact) mass is 371 g/mol. The van der Waals surface area contributed by atoms with Gasteiger partial charge in [0, 0.05) is 10.0 Å². The Morgan fingerprint density at radius 3 is 2.71 bits per heavy atom. The lowest BCUT2D eigenvalue weighted by molar-refractivity contribution is 0.402. The Hall–Kier alpha value is -1.10. The Labute approximate surface area is 137 Å². The molecule has 2 aromatic rings. The molecule has 0 amide bonds. The van der Waals surface area contributed by atoms with Crippen LogP contribution in [0.4, 0.5) is 4.39 Å². The summed E-state index contributed by atoms with van der Waals surface area (Å²) in [5, 5.41) is 3.94. The van der Waals surface area contributed by atoms with Crippen molar-refractivity contribution in [2.45, 2.75) is 13.0 Å². The molecule has 1 atom stereocenters. The topological polar surface area (TPSA) is 21.3 Å². The second-order valence-corrected chi connectivity index (χ2v) is 5.75. The third-order valence-electron chi connectivity index (χ3n) is 3.20. The molecule has 5 heteroatoms. The normalized spacial score (nSPS) is 12.2. The van der Waals surface area contributed by atoms with Crippen LogP contribution in [0.5, 0.6) is 5.75 Å². The van der Waals surface area contributed by atoms with E-state index in [2.05, 4.69) is 21.2 Å². The molecule has 0 heterocycles. The molecule has 0 saturated heterocycles. The molecule has 0 saturated carbocycles. The molecule has 0 aliphatic heterocycles. The fraction of sp³-hybridized carbons (Fsp3) is 0.250. The smallest absolute Gasteiger partial charge is 0.124 e. The maximum absolute atomic E-state index is 13.7. The number of ether oxygens (including phenoxy) is 1. The summed E-state index contributed by atoms with van der Waals surface area (Å²) >= 11 is 9.81. The Morgan fingerprint density at radius 2 is 2.05 bits per heavy atom. The number of rotatable bonds is 5. The molecule has 0 aliphatic carbocycles. The van der Waals surface area contributed by atoms with Crippen LogP contribution in [-0.2, 0) is 0 Å². The first-order chi connectivity index (χ1) is 10.1. The predicted molar refractivity (Wildman–Crippen MR) is 87.6 cm³/mol. The van der Waals surface area contributed by atoms with Crippen molar-refractivity contribution in [3.05, 3.63) is 62.8 Å². The SMILES string of the molecule is CCNC(c1cc(F)ccc1OC)c1cccc(Br)c1Cl. The van der Waals surface area contributed by atoms with E-state index in [0.717, 1.165) is 15.6 Å². The van der Waals surface area contributed by atoms with E-state index in [1.807, 2.05) is 25.1 Å². The third kappa shape index (κ3) is 3.57. The number of benzene rings is 2. The summed E-state index contributed by atoms with van der Waals surface area (Å²) in [6, 6.07) is 9.94. The quantitative estimate of drug-likeness (QED) is 0.802. The summed E-state index contributed by atoms with van der Waals surface area (Å²) in [5.41, 5.74) is 1.59. The van der Waals surface area contributed by atoms with Crippen LogP contribution in [0.2, 0.25) is 5.02 Å². The molecule has 0 radical (unpaired) electrons. The minimum atomic E-state index is -0.306. The van der Waals surface area contributed by atoms with Crippen LogP contribution in [0.15, 0.2) is 40.9 Å². The number of nitrogens with one attached hydrogen (secondary N) is 1. The van der Waals surface area contributed by atoms with E-state index in [4.69, 9.17) is 16.3 Å². The fourth-order valence-electron chi connectivity index (χ4n) is 2.27. The molecule has 0 aromatic heterocycles. The van der Waals surface area contributed by atoms with Crippen LogP contribution in [-0.4, -0.2) is 13.7 Å². The maximum atomic E-state index is 13.7. The molecule has 0 aliphatic rings. The van der Waals surface area contributed by atoms with Crippen LogP contribution in [0.3, 0.4) is 0 Å². The summed E-state index contributed by atoms with van der Waals surface area (Å²) in [5.74, 6) is 0.318. The molecule has 0 fully saturated rings. The van der Waals surface area contributed by atoms with Gasteiger partial charge in [-0.3, -0.25) is 0 Å². The maximum Gasteiger partial charge on any atom is 0.124 e. The Kier molecular flexibility index (Phi) is 5.62. The van der Waals surface area contributed by atoms with Gasteiger partial charge < -0.3 is 10.1 Å². The van der Waals surface area contributed by atoms with Crippen molar-refractivity contribution in [3.8, 4) is 5.75 Å². The molecule has 0 bridgehead atoms. The van der Waals surface area contributed by atoms with Gasteiger partial charge in [0.15, 0.2) is 0 Å². The standard InChI is InChI=1S/C16H16BrClFNO/c1-3-20-16(11-5-4-6-13(17)15(11)18)12-9-10(19)7-8-14(12)21-2/h4-9,16,20H,3H2,1-2H3. The highest BCUT2D eigenvalue weighted by molar-refractivity contribution is 9.10. The van der Waals surface area contributed by atoms with Gasteiger partial charge in [0.05, 0.1) is 18.2 Å². The van der Waals surface area contributed by atoms with Crippen molar-refractivity contribution < 1.29 is 9.13 Å². The predicted octanol–water partition coefficient (Wildman–Crippen LogP) is 4.95. The van der Waals surface area contributed by atoms with E-state index in [1.54, 1.807) is 13.2 Å². The van der Waals surface area contributed by atoms with Crippen molar-refractivity contribution >= 4 is 27.5 Å². The average molecular weight is 373 g/mol. The van der Waals surface area contributed by atoms with Gasteiger partial charge >= 0.3 is 0 Å². The van der Waals surface area contributed by atoms with Gasteiger partial charge in [0.1, 0.15) is 11.6 Å². The van der Waals surface area contributed by atoms with Crippen molar-refractivity contribution in [1.82, 2.24) is 5.32 Å². The fourth-order valence-corrected chi connectivity index (χ4v) is 2.88. The van der Waals surface area contributed by atoms with E-state index < -0.39 is 0 Å². The zero-order valence-electron chi connectivity index (χ0n) is 11.8. The van der Waals surface area contributed by atoms with Crippen molar-refractivity contribution in [3.63, 3.8) is 0 Å². The Morgan fingerprint density at radius 1 is 1.29 bits per heavy atom. The minimum absolute atomic E-state index is 0.245. The number of methoxy groups -OCH3 is 1. The Bertz CT molecular complexity index is 636. The summed E-state index contributed by atoms with van der Waals surface area (Å²) < 4.78 is 19.8. The zero-order chi connectivity index (χ0) is 15.4. The molecule has 2 nitrogen and oxygen atoms in total. The number of hydrogen-bond donors (Lipinski definition) is 1. The summed E-state index contributed by atoms with van der Waals surface area (Å²) in [4.78, 5) is 0. The van der Waals surface area contributed by atoms with Gasteiger partial charge in [-0.1, -0.05) is 30.7 Å². The zero-order valence-corrected chi connectivity index (χ0v) is 14.1. The molecular formula is C16H16BrClFNO.